The van der Waals surface area contributed by atoms with Gasteiger partial charge in [-0.3, -0.25) is 10.1 Å². The Bertz CT molecular complexity index is 980. The largest absolute Gasteiger partial charge is 0.493 e. The van der Waals surface area contributed by atoms with E-state index in [1.54, 1.807) is 0 Å². The van der Waals surface area contributed by atoms with E-state index in [1.807, 2.05) is 0 Å². The Morgan fingerprint density at radius 3 is 2.30 bits per heavy atom. The lowest BCUT2D eigenvalue weighted by Gasteiger charge is -2.11. The molecule has 0 fully saturated rings. The van der Waals surface area contributed by atoms with Crippen LogP contribution in [0.2, 0.25) is 0 Å². The van der Waals surface area contributed by atoms with Gasteiger partial charge in [0, 0.05) is 18.2 Å². The quantitative estimate of drug-likeness (QED) is 0.231. The van der Waals surface area contributed by atoms with Gasteiger partial charge in [-0.25, -0.2) is 4.79 Å². The number of carbonyl (C=O) groups excluding carboxylic acids is 1. The summed E-state index contributed by atoms with van der Waals surface area (Å²) in [7, 11) is -1.65. The van der Waals surface area contributed by atoms with Crippen LogP contribution in [0.3, 0.4) is 0 Å². The fourth-order valence-electron chi connectivity index (χ4n) is 1.99. The minimum atomic E-state index is -4.23. The molecule has 0 bridgehead atoms. The van der Waals surface area contributed by atoms with Crippen molar-refractivity contribution in [2.75, 3.05) is 14.2 Å². The van der Waals surface area contributed by atoms with Crippen LogP contribution in [0.25, 0.3) is 6.08 Å². The number of nitro benzene ring substituents is 1. The highest BCUT2D eigenvalue weighted by Crippen LogP contribution is 2.31. The number of non-ortho nitro benzene ring substituents is 1. The molecule has 10 heteroatoms. The van der Waals surface area contributed by atoms with Crippen LogP contribution in [0.1, 0.15) is 5.56 Å². The Morgan fingerprint density at radius 2 is 1.74 bits per heavy atom. The summed E-state index contributed by atoms with van der Waals surface area (Å²) in [5.41, 5.74) is 0.311. The van der Waals surface area contributed by atoms with Crippen LogP contribution >= 0.6 is 0 Å². The first kappa shape index (κ1) is 19.9. The van der Waals surface area contributed by atoms with Crippen LogP contribution in [0, 0.1) is 10.1 Å². The number of benzene rings is 2. The van der Waals surface area contributed by atoms with E-state index in [4.69, 9.17) is 8.92 Å². The third kappa shape index (κ3) is 5.05. The normalized spacial score (nSPS) is 11.2. The molecule has 9 nitrogen and oxygen atoms in total. The second-order valence-corrected chi connectivity index (χ2v) is 6.60. The van der Waals surface area contributed by atoms with Crippen LogP contribution in [0.5, 0.6) is 11.5 Å². The Kier molecular flexibility index (Phi) is 6.14. The number of ether oxygens (including phenoxy) is 2. The summed E-state index contributed by atoms with van der Waals surface area (Å²) in [6.07, 6.45) is 2.66. The van der Waals surface area contributed by atoms with Gasteiger partial charge in [-0.15, -0.1) is 0 Å². The maximum Gasteiger partial charge on any atom is 0.339 e. The molecular weight excluding hydrogens is 378 g/mol. The average molecular weight is 393 g/mol. The molecule has 0 spiro atoms. The summed E-state index contributed by atoms with van der Waals surface area (Å²) in [4.78, 5) is 20.9. The molecule has 27 heavy (non-hydrogen) atoms. The van der Waals surface area contributed by atoms with Crippen molar-refractivity contribution in [3.8, 4) is 11.5 Å². The van der Waals surface area contributed by atoms with Crippen molar-refractivity contribution in [2.45, 2.75) is 4.90 Å². The number of nitrogens with zero attached hydrogens (tertiary/aromatic N) is 1. The van der Waals surface area contributed by atoms with Gasteiger partial charge in [-0.05, 0) is 35.9 Å². The highest BCUT2D eigenvalue weighted by Gasteiger charge is 2.20. The number of carbonyl (C=O) groups is 1. The predicted molar refractivity (Wildman–Crippen MR) is 95.0 cm³/mol. The maximum absolute atomic E-state index is 12.4. The van der Waals surface area contributed by atoms with E-state index in [9.17, 15) is 23.3 Å². The number of hydrogen-bond acceptors (Lipinski definition) is 8. The standard InChI is InChI=1S/C17H15NO8S/c1-24-16-11-12(4-10-17(19)25-2)3-9-15(16)26-27(22,23)14-7-5-13(6-8-14)18(20)21/h3-11H,1-2H3/b10-4+. The molecule has 0 aliphatic carbocycles. The Morgan fingerprint density at radius 1 is 1.07 bits per heavy atom. The molecule has 2 aromatic rings. The van der Waals surface area contributed by atoms with Crippen molar-refractivity contribution in [1.29, 1.82) is 0 Å². The van der Waals surface area contributed by atoms with Gasteiger partial charge in [0.25, 0.3) is 5.69 Å². The van der Waals surface area contributed by atoms with Gasteiger partial charge in [0.1, 0.15) is 4.90 Å². The molecule has 0 N–H and O–H groups in total. The molecule has 142 valence electrons. The molecule has 0 radical (unpaired) electrons. The number of rotatable bonds is 7. The van der Waals surface area contributed by atoms with Crippen molar-refractivity contribution in [2.24, 2.45) is 0 Å². The second kappa shape index (κ2) is 8.32. The molecule has 0 heterocycles. The number of nitro groups is 1. The SMILES string of the molecule is COC(=O)/C=C/c1ccc(OS(=O)(=O)c2ccc([N+](=O)[O-])cc2)c(OC)c1. The molecule has 0 unspecified atom stereocenters. The Balaban J connectivity index is 2.28. The molecule has 2 aromatic carbocycles. The highest BCUT2D eigenvalue weighted by atomic mass is 32.2. The molecule has 0 atom stereocenters. The van der Waals surface area contributed by atoms with Gasteiger partial charge in [-0.2, -0.15) is 8.42 Å². The summed E-state index contributed by atoms with van der Waals surface area (Å²) < 4.78 is 39.4. The van der Waals surface area contributed by atoms with Gasteiger partial charge < -0.3 is 13.7 Å². The van der Waals surface area contributed by atoms with Crippen LogP contribution in [-0.2, 0) is 19.6 Å². The molecule has 0 amide bonds. The predicted octanol–water partition coefficient (Wildman–Crippen LogP) is 2.56. The number of esters is 1. The highest BCUT2D eigenvalue weighted by molar-refractivity contribution is 7.87. The first-order chi connectivity index (χ1) is 12.8. The Labute approximate surface area is 155 Å². The minimum Gasteiger partial charge on any atom is -0.493 e. The van der Waals surface area contributed by atoms with Crippen LogP contribution in [0.15, 0.2) is 53.4 Å². The topological polar surface area (TPSA) is 122 Å². The Hall–Kier alpha value is -3.40. The van der Waals surface area contributed by atoms with E-state index in [0.29, 0.717) is 5.56 Å². The molecule has 0 aliphatic heterocycles. The summed E-state index contributed by atoms with van der Waals surface area (Å²) in [6.45, 7) is 0. The summed E-state index contributed by atoms with van der Waals surface area (Å²) in [5.74, 6) is -0.506. The number of hydrogen-bond donors (Lipinski definition) is 0. The van der Waals surface area contributed by atoms with Gasteiger partial charge in [0.2, 0.25) is 0 Å². The van der Waals surface area contributed by atoms with Crippen molar-refractivity contribution in [3.05, 3.63) is 64.2 Å². The molecule has 0 aliphatic rings. The third-order valence-electron chi connectivity index (χ3n) is 3.34. The van der Waals surface area contributed by atoms with E-state index < -0.39 is 21.0 Å². The van der Waals surface area contributed by atoms with Crippen LogP contribution in [-0.4, -0.2) is 33.5 Å². The lowest BCUT2D eigenvalue weighted by atomic mass is 10.2. The zero-order valence-electron chi connectivity index (χ0n) is 14.3. The van der Waals surface area contributed by atoms with Crippen LogP contribution < -0.4 is 8.92 Å². The van der Waals surface area contributed by atoms with Gasteiger partial charge in [0.15, 0.2) is 11.5 Å². The smallest absolute Gasteiger partial charge is 0.339 e. The molecule has 0 saturated carbocycles. The zero-order valence-corrected chi connectivity index (χ0v) is 15.1. The lowest BCUT2D eigenvalue weighted by molar-refractivity contribution is -0.384. The molecular formula is C17H15NO8S. The van der Waals surface area contributed by atoms with E-state index >= 15 is 0 Å². The summed E-state index contributed by atoms with van der Waals surface area (Å²) in [5, 5.41) is 10.7. The molecule has 0 aromatic heterocycles. The fraction of sp³-hybridized carbons (Fsp3) is 0.118. The van der Waals surface area contributed by atoms with Gasteiger partial charge in [-0.1, -0.05) is 6.07 Å². The zero-order chi connectivity index (χ0) is 20.0. The molecule has 0 saturated heterocycles. The maximum atomic E-state index is 12.4. The van der Waals surface area contributed by atoms with Crippen LogP contribution in [0.4, 0.5) is 5.69 Å². The van der Waals surface area contributed by atoms with Crippen molar-refractivity contribution in [3.63, 3.8) is 0 Å². The van der Waals surface area contributed by atoms with E-state index in [1.165, 1.54) is 44.6 Å². The van der Waals surface area contributed by atoms with Crippen molar-refractivity contribution < 1.29 is 31.8 Å². The fourth-order valence-corrected chi connectivity index (χ4v) is 2.93. The lowest BCUT2D eigenvalue weighted by Crippen LogP contribution is -2.10. The monoisotopic (exact) mass is 393 g/mol. The summed E-state index contributed by atoms with van der Waals surface area (Å²) >= 11 is 0. The van der Waals surface area contributed by atoms with E-state index in [-0.39, 0.29) is 22.1 Å². The number of methoxy groups -OCH3 is 2. The first-order valence-corrected chi connectivity index (χ1v) is 8.80. The average Bonchev–Trinajstić information content (AvgIpc) is 2.66. The van der Waals surface area contributed by atoms with Crippen molar-refractivity contribution in [1.82, 2.24) is 0 Å². The summed E-state index contributed by atoms with van der Waals surface area (Å²) in [6, 6.07) is 8.63. The van der Waals surface area contributed by atoms with E-state index in [2.05, 4.69) is 4.74 Å². The van der Waals surface area contributed by atoms with E-state index in [0.717, 1.165) is 24.3 Å². The molecule has 2 rings (SSSR count). The second-order valence-electron chi connectivity index (χ2n) is 5.06. The van der Waals surface area contributed by atoms with Gasteiger partial charge >= 0.3 is 16.1 Å². The van der Waals surface area contributed by atoms with Gasteiger partial charge in [0.05, 0.1) is 19.1 Å². The first-order valence-electron chi connectivity index (χ1n) is 7.40. The minimum absolute atomic E-state index is 0.0777. The third-order valence-corrected chi connectivity index (χ3v) is 4.58. The van der Waals surface area contributed by atoms with Crippen molar-refractivity contribution >= 4 is 27.9 Å².